The number of hydrazine groups is 1. The summed E-state index contributed by atoms with van der Waals surface area (Å²) in [6.07, 6.45) is 0. The van der Waals surface area contributed by atoms with E-state index in [1.54, 1.807) is 6.92 Å². The van der Waals surface area contributed by atoms with Crippen molar-refractivity contribution in [2.45, 2.75) is 24.9 Å². The van der Waals surface area contributed by atoms with Crippen LogP contribution in [0.15, 0.2) is 18.2 Å². The summed E-state index contributed by atoms with van der Waals surface area (Å²) in [7, 11) is 0. The van der Waals surface area contributed by atoms with Gasteiger partial charge in [-0.2, -0.15) is 0 Å². The molecule has 92 valence electrons. The maximum atomic E-state index is 13.1. The highest BCUT2D eigenvalue weighted by molar-refractivity contribution is 5.75. The van der Waals surface area contributed by atoms with Crippen LogP contribution in [0, 0.1) is 11.6 Å². The van der Waals surface area contributed by atoms with E-state index in [2.05, 4.69) is 10.9 Å². The predicted octanol–water partition coefficient (Wildman–Crippen LogP) is 0.998. The largest absolute Gasteiger partial charge is 0.480 e. The van der Waals surface area contributed by atoms with Crippen LogP contribution in [0.5, 0.6) is 0 Å². The molecule has 0 saturated carbocycles. The zero-order valence-electron chi connectivity index (χ0n) is 9.08. The molecule has 0 aliphatic carbocycles. The van der Waals surface area contributed by atoms with Gasteiger partial charge in [0, 0.05) is 12.0 Å². The van der Waals surface area contributed by atoms with E-state index in [0.29, 0.717) is 5.56 Å². The summed E-state index contributed by atoms with van der Waals surface area (Å²) in [4.78, 5) is 11.0. The summed E-state index contributed by atoms with van der Waals surface area (Å²) < 4.78 is 25.9. The third-order valence-electron chi connectivity index (χ3n) is 2.96. The minimum absolute atomic E-state index is 0.180. The average Bonchev–Trinajstić information content (AvgIpc) is 2.64. The lowest BCUT2D eigenvalue weighted by Gasteiger charge is -2.18. The maximum Gasteiger partial charge on any atom is 0.322 e. The van der Waals surface area contributed by atoms with Gasteiger partial charge in [0.1, 0.15) is 6.04 Å². The number of benzene rings is 1. The first kappa shape index (κ1) is 11.9. The smallest absolute Gasteiger partial charge is 0.322 e. The maximum absolute atomic E-state index is 13.1. The molecule has 2 rings (SSSR count). The van der Waals surface area contributed by atoms with Crippen LogP contribution in [0.2, 0.25) is 0 Å². The number of hydrogen-bond acceptors (Lipinski definition) is 3. The van der Waals surface area contributed by atoms with Crippen molar-refractivity contribution in [3.63, 3.8) is 0 Å². The Morgan fingerprint density at radius 3 is 2.59 bits per heavy atom. The highest BCUT2D eigenvalue weighted by atomic mass is 19.2. The molecular weight excluding hydrogens is 230 g/mol. The third-order valence-corrected chi connectivity index (χ3v) is 2.96. The van der Waals surface area contributed by atoms with Gasteiger partial charge in [0.15, 0.2) is 11.6 Å². The standard InChI is InChI=1S/C11H12F2N2O2/c1-5-9(10(11(16)17)15-14-5)6-2-3-7(12)8(13)4-6/h2-5,9-10,14-15H,1H3,(H,16,17). The van der Waals surface area contributed by atoms with Crippen LogP contribution in [0.25, 0.3) is 0 Å². The van der Waals surface area contributed by atoms with Gasteiger partial charge in [0.2, 0.25) is 0 Å². The Morgan fingerprint density at radius 2 is 2.00 bits per heavy atom. The molecular formula is C11H12F2N2O2. The van der Waals surface area contributed by atoms with E-state index in [-0.39, 0.29) is 6.04 Å². The molecule has 0 aromatic heterocycles. The monoisotopic (exact) mass is 242 g/mol. The van der Waals surface area contributed by atoms with Crippen LogP contribution < -0.4 is 10.9 Å². The second kappa shape index (κ2) is 4.38. The quantitative estimate of drug-likeness (QED) is 0.724. The van der Waals surface area contributed by atoms with Crippen LogP contribution in [0.4, 0.5) is 8.78 Å². The Hall–Kier alpha value is -1.53. The Balaban J connectivity index is 2.36. The highest BCUT2D eigenvalue weighted by Gasteiger charge is 2.39. The minimum atomic E-state index is -1.03. The molecule has 3 atom stereocenters. The lowest BCUT2D eigenvalue weighted by molar-refractivity contribution is -0.139. The highest BCUT2D eigenvalue weighted by Crippen LogP contribution is 2.28. The van der Waals surface area contributed by atoms with Crippen molar-refractivity contribution in [2.75, 3.05) is 0 Å². The van der Waals surface area contributed by atoms with Gasteiger partial charge in [-0.3, -0.25) is 10.2 Å². The van der Waals surface area contributed by atoms with Gasteiger partial charge in [-0.25, -0.2) is 14.2 Å². The van der Waals surface area contributed by atoms with Gasteiger partial charge in [-0.1, -0.05) is 6.07 Å². The molecule has 1 fully saturated rings. The van der Waals surface area contributed by atoms with E-state index in [1.807, 2.05) is 0 Å². The van der Waals surface area contributed by atoms with Crippen LogP contribution in [-0.2, 0) is 4.79 Å². The Bertz CT molecular complexity index is 453. The van der Waals surface area contributed by atoms with Crippen LogP contribution in [0.1, 0.15) is 18.4 Å². The van der Waals surface area contributed by atoms with Gasteiger partial charge in [0.05, 0.1) is 0 Å². The molecule has 1 aromatic rings. The molecule has 0 bridgehead atoms. The van der Waals surface area contributed by atoms with Crippen molar-refractivity contribution in [2.24, 2.45) is 0 Å². The molecule has 1 aromatic carbocycles. The van der Waals surface area contributed by atoms with Crippen molar-refractivity contribution >= 4 is 5.97 Å². The predicted molar refractivity (Wildman–Crippen MR) is 56.3 cm³/mol. The van der Waals surface area contributed by atoms with Crippen molar-refractivity contribution < 1.29 is 18.7 Å². The fraction of sp³-hybridized carbons (Fsp3) is 0.364. The third kappa shape index (κ3) is 2.13. The molecule has 1 heterocycles. The average molecular weight is 242 g/mol. The normalized spacial score (nSPS) is 28.3. The van der Waals surface area contributed by atoms with Gasteiger partial charge in [-0.15, -0.1) is 0 Å². The van der Waals surface area contributed by atoms with Crippen LogP contribution >= 0.6 is 0 Å². The van der Waals surface area contributed by atoms with Crippen molar-refractivity contribution in [1.82, 2.24) is 10.9 Å². The number of aliphatic carboxylic acids is 1. The molecule has 1 aliphatic heterocycles. The Labute approximate surface area is 96.6 Å². The summed E-state index contributed by atoms with van der Waals surface area (Å²) in [6.45, 7) is 1.78. The molecule has 0 radical (unpaired) electrons. The zero-order chi connectivity index (χ0) is 12.6. The van der Waals surface area contributed by atoms with E-state index in [4.69, 9.17) is 5.11 Å². The first-order valence-electron chi connectivity index (χ1n) is 5.19. The molecule has 4 nitrogen and oxygen atoms in total. The molecule has 6 heteroatoms. The number of carboxylic acids is 1. The van der Waals surface area contributed by atoms with Crippen molar-refractivity contribution in [3.8, 4) is 0 Å². The van der Waals surface area contributed by atoms with E-state index in [0.717, 1.165) is 12.1 Å². The Kier molecular flexibility index (Phi) is 3.08. The molecule has 1 saturated heterocycles. The molecule has 3 unspecified atom stereocenters. The molecule has 1 aliphatic rings. The topological polar surface area (TPSA) is 61.4 Å². The van der Waals surface area contributed by atoms with Gasteiger partial charge in [-0.05, 0) is 24.6 Å². The summed E-state index contributed by atoms with van der Waals surface area (Å²) in [5, 5.41) is 9.02. The summed E-state index contributed by atoms with van der Waals surface area (Å²) in [5.41, 5.74) is 5.87. The SMILES string of the molecule is CC1NNC(C(=O)O)C1c1ccc(F)c(F)c1. The summed E-state index contributed by atoms with van der Waals surface area (Å²) in [6, 6.07) is 2.43. The number of rotatable bonds is 2. The number of carbonyl (C=O) groups is 1. The first-order chi connectivity index (χ1) is 8.00. The molecule has 17 heavy (non-hydrogen) atoms. The van der Waals surface area contributed by atoms with E-state index in [1.165, 1.54) is 6.07 Å². The minimum Gasteiger partial charge on any atom is -0.480 e. The van der Waals surface area contributed by atoms with Gasteiger partial charge < -0.3 is 5.11 Å². The zero-order valence-corrected chi connectivity index (χ0v) is 9.08. The molecule has 3 N–H and O–H groups in total. The molecule has 0 spiro atoms. The van der Waals surface area contributed by atoms with E-state index < -0.39 is 29.6 Å². The van der Waals surface area contributed by atoms with Gasteiger partial charge >= 0.3 is 5.97 Å². The lowest BCUT2D eigenvalue weighted by atomic mass is 9.88. The van der Waals surface area contributed by atoms with Crippen LogP contribution in [0.3, 0.4) is 0 Å². The second-order valence-electron chi connectivity index (χ2n) is 4.09. The first-order valence-corrected chi connectivity index (χ1v) is 5.19. The fourth-order valence-corrected chi connectivity index (χ4v) is 2.11. The number of hydrogen-bond donors (Lipinski definition) is 3. The lowest BCUT2D eigenvalue weighted by Crippen LogP contribution is -2.38. The van der Waals surface area contributed by atoms with Crippen LogP contribution in [-0.4, -0.2) is 23.2 Å². The number of halogens is 2. The van der Waals surface area contributed by atoms with E-state index in [9.17, 15) is 13.6 Å². The van der Waals surface area contributed by atoms with E-state index >= 15 is 0 Å². The number of nitrogens with one attached hydrogen (secondary N) is 2. The Morgan fingerprint density at radius 1 is 1.29 bits per heavy atom. The van der Waals surface area contributed by atoms with Crippen molar-refractivity contribution in [3.05, 3.63) is 35.4 Å². The second-order valence-corrected chi connectivity index (χ2v) is 4.09. The summed E-state index contributed by atoms with van der Waals surface area (Å²) >= 11 is 0. The fourth-order valence-electron chi connectivity index (χ4n) is 2.11. The summed E-state index contributed by atoms with van der Waals surface area (Å²) in [5.74, 6) is -3.38. The number of carboxylic acid groups (broad SMARTS) is 1. The van der Waals surface area contributed by atoms with Gasteiger partial charge in [0.25, 0.3) is 0 Å². The molecule has 0 amide bonds. The van der Waals surface area contributed by atoms with Crippen molar-refractivity contribution in [1.29, 1.82) is 0 Å².